The van der Waals surface area contributed by atoms with Crippen LogP contribution >= 0.6 is 24.0 Å². The second-order valence-corrected chi connectivity index (χ2v) is 4.14. The highest BCUT2D eigenvalue weighted by Crippen LogP contribution is 2.12. The topological polar surface area (TPSA) is 49.6 Å². The van der Waals surface area contributed by atoms with Crippen LogP contribution in [0.25, 0.3) is 0 Å². The highest BCUT2D eigenvalue weighted by atomic mass is 127. The number of aliphatic imine (C=N–C) groups is 1. The van der Waals surface area contributed by atoms with E-state index >= 15 is 0 Å². The maximum atomic E-state index is 5.48. The largest absolute Gasteiger partial charge is 0.466 e. The van der Waals surface area contributed by atoms with E-state index in [0.717, 1.165) is 37.0 Å². The third kappa shape index (κ3) is 5.75. The molecule has 0 saturated carbocycles. The van der Waals surface area contributed by atoms with E-state index in [0.29, 0.717) is 0 Å². The highest BCUT2D eigenvalue weighted by Gasteiger charge is 2.05. The van der Waals surface area contributed by atoms with Crippen molar-refractivity contribution in [2.75, 3.05) is 13.6 Å². The van der Waals surface area contributed by atoms with Crippen molar-refractivity contribution < 1.29 is 4.42 Å². The van der Waals surface area contributed by atoms with E-state index in [-0.39, 0.29) is 24.0 Å². The molecule has 1 aromatic rings. The molecule has 0 aliphatic heterocycles. The van der Waals surface area contributed by atoms with Crippen molar-refractivity contribution >= 4 is 29.9 Å². The zero-order valence-corrected chi connectivity index (χ0v) is 14.0. The van der Waals surface area contributed by atoms with E-state index in [9.17, 15) is 0 Å². The van der Waals surface area contributed by atoms with Crippen molar-refractivity contribution in [3.63, 3.8) is 0 Å². The van der Waals surface area contributed by atoms with Crippen molar-refractivity contribution in [2.24, 2.45) is 4.99 Å². The number of halogens is 1. The van der Waals surface area contributed by atoms with Crippen molar-refractivity contribution in [3.05, 3.63) is 23.2 Å². The minimum atomic E-state index is 0. The quantitative estimate of drug-likeness (QED) is 0.365. The lowest BCUT2D eigenvalue weighted by Gasteiger charge is -2.10. The fourth-order valence-corrected chi connectivity index (χ4v) is 1.64. The van der Waals surface area contributed by atoms with Gasteiger partial charge in [0.1, 0.15) is 11.5 Å². The van der Waals surface area contributed by atoms with Crippen LogP contribution in [0.3, 0.4) is 0 Å². The van der Waals surface area contributed by atoms with Crippen LogP contribution in [0.15, 0.2) is 15.5 Å². The third-order valence-corrected chi connectivity index (χ3v) is 2.64. The van der Waals surface area contributed by atoms with E-state index in [2.05, 4.69) is 28.6 Å². The van der Waals surface area contributed by atoms with Gasteiger partial charge in [0.25, 0.3) is 0 Å². The van der Waals surface area contributed by atoms with Crippen LogP contribution in [0.2, 0.25) is 0 Å². The zero-order valence-electron chi connectivity index (χ0n) is 11.7. The lowest BCUT2D eigenvalue weighted by atomic mass is 10.2. The van der Waals surface area contributed by atoms with E-state index in [1.165, 1.54) is 12.0 Å². The lowest BCUT2D eigenvalue weighted by molar-refractivity contribution is 0.500. The van der Waals surface area contributed by atoms with E-state index in [1.54, 1.807) is 7.05 Å². The average Bonchev–Trinajstić information content (AvgIpc) is 2.62. The van der Waals surface area contributed by atoms with Crippen LogP contribution in [0.4, 0.5) is 0 Å². The molecule has 0 unspecified atom stereocenters. The summed E-state index contributed by atoms with van der Waals surface area (Å²) in [7, 11) is 1.79. The van der Waals surface area contributed by atoms with Gasteiger partial charge in [-0.15, -0.1) is 24.0 Å². The normalized spacial score (nSPS) is 11.0. The Balaban J connectivity index is 0.00000289. The second kappa shape index (κ2) is 9.24. The van der Waals surface area contributed by atoms with Crippen LogP contribution in [0.5, 0.6) is 0 Å². The predicted molar refractivity (Wildman–Crippen MR) is 86.7 cm³/mol. The summed E-state index contributed by atoms with van der Waals surface area (Å²) in [4.78, 5) is 4.18. The van der Waals surface area contributed by atoms with Gasteiger partial charge in [-0.05, 0) is 26.3 Å². The Labute approximate surface area is 127 Å². The predicted octanol–water partition coefficient (Wildman–Crippen LogP) is 2.98. The molecule has 0 amide bonds. The fraction of sp³-hybridized carbons (Fsp3) is 0.615. The summed E-state index contributed by atoms with van der Waals surface area (Å²) < 4.78 is 5.48. The van der Waals surface area contributed by atoms with Gasteiger partial charge in [-0.2, -0.15) is 0 Å². The number of nitrogens with zero attached hydrogens (tertiary/aromatic N) is 1. The van der Waals surface area contributed by atoms with Crippen molar-refractivity contribution in [2.45, 2.75) is 40.2 Å². The molecule has 1 rings (SSSR count). The number of hydrogen-bond acceptors (Lipinski definition) is 2. The van der Waals surface area contributed by atoms with Gasteiger partial charge in [-0.1, -0.05) is 13.3 Å². The molecule has 0 bridgehead atoms. The van der Waals surface area contributed by atoms with Gasteiger partial charge < -0.3 is 15.1 Å². The number of unbranched alkanes of at least 4 members (excludes halogenated alkanes) is 1. The molecule has 0 aliphatic rings. The molecule has 2 N–H and O–H groups in total. The number of rotatable bonds is 5. The molecule has 0 aliphatic carbocycles. The van der Waals surface area contributed by atoms with Gasteiger partial charge in [0.05, 0.1) is 0 Å². The molecule has 1 aromatic heterocycles. The first-order valence-electron chi connectivity index (χ1n) is 6.17. The summed E-state index contributed by atoms with van der Waals surface area (Å²) in [5.74, 6) is 2.77. The number of nitrogens with one attached hydrogen (secondary N) is 2. The third-order valence-electron chi connectivity index (χ3n) is 2.64. The van der Waals surface area contributed by atoms with Crippen LogP contribution in [0, 0.1) is 13.8 Å². The standard InChI is InChI=1S/C13H23N3O.HI/c1-5-6-7-15-13(14-4)16-9-12-8-10(2)17-11(12)3;/h8H,5-7,9H2,1-4H3,(H2,14,15,16);1H. The molecule has 0 saturated heterocycles. The molecule has 5 heteroatoms. The summed E-state index contributed by atoms with van der Waals surface area (Å²) in [5.41, 5.74) is 1.18. The Hall–Kier alpha value is -0.720. The Morgan fingerprint density at radius 1 is 1.33 bits per heavy atom. The van der Waals surface area contributed by atoms with E-state index < -0.39 is 0 Å². The Morgan fingerprint density at radius 3 is 2.56 bits per heavy atom. The minimum absolute atomic E-state index is 0. The molecule has 0 fully saturated rings. The summed E-state index contributed by atoms with van der Waals surface area (Å²) in [5, 5.41) is 6.55. The van der Waals surface area contributed by atoms with Crippen LogP contribution in [-0.2, 0) is 6.54 Å². The molecule has 18 heavy (non-hydrogen) atoms. The monoisotopic (exact) mass is 365 g/mol. The SMILES string of the molecule is CCCCNC(=NC)NCc1cc(C)oc1C.I. The lowest BCUT2D eigenvalue weighted by Crippen LogP contribution is -2.37. The molecule has 0 spiro atoms. The summed E-state index contributed by atoms with van der Waals surface area (Å²) in [6.45, 7) is 7.83. The first-order chi connectivity index (χ1) is 8.17. The molecule has 4 nitrogen and oxygen atoms in total. The number of hydrogen-bond donors (Lipinski definition) is 2. The average molecular weight is 365 g/mol. The highest BCUT2D eigenvalue weighted by molar-refractivity contribution is 14.0. The van der Waals surface area contributed by atoms with Gasteiger partial charge in [-0.25, -0.2) is 0 Å². The number of furan rings is 1. The van der Waals surface area contributed by atoms with Crippen molar-refractivity contribution in [1.29, 1.82) is 0 Å². The molecule has 0 radical (unpaired) electrons. The fourth-order valence-electron chi connectivity index (χ4n) is 1.64. The maximum absolute atomic E-state index is 5.48. The first-order valence-corrected chi connectivity index (χ1v) is 6.17. The Morgan fingerprint density at radius 2 is 2.06 bits per heavy atom. The van der Waals surface area contributed by atoms with Gasteiger partial charge in [0.2, 0.25) is 0 Å². The van der Waals surface area contributed by atoms with Gasteiger partial charge in [0, 0.05) is 25.7 Å². The van der Waals surface area contributed by atoms with Crippen LogP contribution in [0.1, 0.15) is 36.8 Å². The maximum Gasteiger partial charge on any atom is 0.191 e. The van der Waals surface area contributed by atoms with Crippen molar-refractivity contribution in [3.8, 4) is 0 Å². The van der Waals surface area contributed by atoms with E-state index in [4.69, 9.17) is 4.42 Å². The summed E-state index contributed by atoms with van der Waals surface area (Å²) in [6, 6.07) is 2.06. The van der Waals surface area contributed by atoms with Crippen LogP contribution in [-0.4, -0.2) is 19.6 Å². The molecular formula is C13H24IN3O. The molecular weight excluding hydrogens is 341 g/mol. The zero-order chi connectivity index (χ0) is 12.7. The van der Waals surface area contributed by atoms with E-state index in [1.807, 2.05) is 13.8 Å². The Kier molecular flexibility index (Phi) is 8.87. The number of guanidine groups is 1. The smallest absolute Gasteiger partial charge is 0.191 e. The van der Waals surface area contributed by atoms with Crippen molar-refractivity contribution in [1.82, 2.24) is 10.6 Å². The van der Waals surface area contributed by atoms with Gasteiger partial charge in [-0.3, -0.25) is 4.99 Å². The second-order valence-electron chi connectivity index (χ2n) is 4.14. The van der Waals surface area contributed by atoms with Crippen LogP contribution < -0.4 is 10.6 Å². The minimum Gasteiger partial charge on any atom is -0.466 e. The van der Waals surface area contributed by atoms with Gasteiger partial charge >= 0.3 is 0 Å². The number of aryl methyl sites for hydroxylation is 2. The Bertz CT molecular complexity index is 374. The summed E-state index contributed by atoms with van der Waals surface area (Å²) >= 11 is 0. The molecule has 0 atom stereocenters. The summed E-state index contributed by atoms with van der Waals surface area (Å²) in [6.07, 6.45) is 2.34. The van der Waals surface area contributed by atoms with Gasteiger partial charge in [0.15, 0.2) is 5.96 Å². The first kappa shape index (κ1) is 17.3. The molecule has 104 valence electrons. The molecule has 0 aromatic carbocycles. The molecule has 1 heterocycles.